The van der Waals surface area contributed by atoms with Crippen LogP contribution in [0.4, 0.5) is 5.69 Å². The number of rotatable bonds is 3. The number of ether oxygens (including phenoxy) is 1. The Labute approximate surface area is 129 Å². The van der Waals surface area contributed by atoms with Gasteiger partial charge in [-0.2, -0.15) is 0 Å². The van der Waals surface area contributed by atoms with Gasteiger partial charge in [-0.15, -0.1) is 0 Å². The van der Waals surface area contributed by atoms with Crippen molar-refractivity contribution >= 4 is 23.7 Å². The predicted molar refractivity (Wildman–Crippen MR) is 83.6 cm³/mol. The Morgan fingerprint density at radius 1 is 1.27 bits per heavy atom. The van der Waals surface area contributed by atoms with Crippen molar-refractivity contribution in [2.75, 3.05) is 7.11 Å². The van der Waals surface area contributed by atoms with Crippen LogP contribution < -0.4 is 0 Å². The van der Waals surface area contributed by atoms with Crippen LogP contribution in [0.5, 0.6) is 0 Å². The van der Waals surface area contributed by atoms with E-state index in [0.717, 1.165) is 0 Å². The maximum absolute atomic E-state index is 12.1. The van der Waals surface area contributed by atoms with Crippen molar-refractivity contribution in [3.63, 3.8) is 0 Å². The third-order valence-electron chi connectivity index (χ3n) is 3.53. The molecule has 22 heavy (non-hydrogen) atoms. The van der Waals surface area contributed by atoms with Gasteiger partial charge in [0.1, 0.15) is 5.76 Å². The maximum atomic E-state index is 12.1. The second-order valence-electron chi connectivity index (χ2n) is 6.10. The van der Waals surface area contributed by atoms with Crippen molar-refractivity contribution in [1.82, 2.24) is 0 Å². The van der Waals surface area contributed by atoms with Crippen LogP contribution in [0.1, 0.15) is 37.0 Å². The summed E-state index contributed by atoms with van der Waals surface area (Å²) >= 11 is 0. The van der Waals surface area contributed by atoms with Crippen molar-refractivity contribution in [3.8, 4) is 0 Å². The highest BCUT2D eigenvalue weighted by Crippen LogP contribution is 2.35. The Hall–Kier alpha value is -2.43. The Balaban J connectivity index is 2.18. The lowest BCUT2D eigenvalue weighted by atomic mass is 9.77. The molecule has 116 valence electrons. The van der Waals surface area contributed by atoms with Crippen molar-refractivity contribution in [3.05, 3.63) is 41.2 Å². The fourth-order valence-corrected chi connectivity index (χ4v) is 2.39. The maximum Gasteiger partial charge on any atom is 0.337 e. The van der Waals surface area contributed by atoms with Gasteiger partial charge in [0.05, 0.1) is 23.9 Å². The van der Waals surface area contributed by atoms with Gasteiger partial charge in [0.15, 0.2) is 5.78 Å². The topological polar surface area (TPSA) is 76.0 Å². The smallest absolute Gasteiger partial charge is 0.337 e. The summed E-state index contributed by atoms with van der Waals surface area (Å²) in [6, 6.07) is 6.49. The van der Waals surface area contributed by atoms with Crippen LogP contribution in [0.25, 0.3) is 0 Å². The molecule has 1 aliphatic carbocycles. The van der Waals surface area contributed by atoms with Gasteiger partial charge in [-0.05, 0) is 29.7 Å². The molecule has 1 aromatic carbocycles. The molecule has 0 aromatic heterocycles. The summed E-state index contributed by atoms with van der Waals surface area (Å²) in [6.07, 6.45) is 2.24. The molecule has 0 atom stereocenters. The summed E-state index contributed by atoms with van der Waals surface area (Å²) < 4.78 is 4.62. The SMILES string of the molecule is COC(=O)c1ccc(N=CC2=C(O)CC(C)(C)CC2=O)cc1. The molecule has 0 aliphatic heterocycles. The van der Waals surface area contributed by atoms with Gasteiger partial charge in [-0.25, -0.2) is 4.79 Å². The molecule has 0 spiro atoms. The first kappa shape index (κ1) is 15.9. The van der Waals surface area contributed by atoms with E-state index in [2.05, 4.69) is 9.73 Å². The monoisotopic (exact) mass is 301 g/mol. The zero-order valence-electron chi connectivity index (χ0n) is 12.9. The van der Waals surface area contributed by atoms with Crippen molar-refractivity contribution in [2.24, 2.45) is 10.4 Å². The minimum Gasteiger partial charge on any atom is -0.511 e. The summed E-state index contributed by atoms with van der Waals surface area (Å²) in [7, 11) is 1.32. The number of methoxy groups -OCH3 is 1. The van der Waals surface area contributed by atoms with Crippen LogP contribution in [0.2, 0.25) is 0 Å². The number of carbonyl (C=O) groups excluding carboxylic acids is 2. The fraction of sp³-hybridized carbons (Fsp3) is 0.353. The number of hydrogen-bond donors (Lipinski definition) is 1. The molecule has 1 aliphatic rings. The van der Waals surface area contributed by atoms with Gasteiger partial charge in [-0.1, -0.05) is 13.8 Å². The van der Waals surface area contributed by atoms with E-state index >= 15 is 0 Å². The molecular formula is C17H19NO4. The highest BCUT2D eigenvalue weighted by Gasteiger charge is 2.32. The van der Waals surface area contributed by atoms with E-state index in [1.54, 1.807) is 24.3 Å². The standard InChI is InChI=1S/C17H19NO4/c1-17(2)8-14(19)13(15(20)9-17)10-18-12-6-4-11(5-7-12)16(21)22-3/h4-7,10,19H,8-9H2,1-3H3. The minimum atomic E-state index is -0.416. The van der Waals surface area contributed by atoms with E-state index in [-0.39, 0.29) is 22.5 Å². The summed E-state index contributed by atoms with van der Waals surface area (Å²) in [4.78, 5) is 27.6. The van der Waals surface area contributed by atoms with Crippen LogP contribution in [-0.2, 0) is 9.53 Å². The second-order valence-corrected chi connectivity index (χ2v) is 6.10. The summed E-state index contributed by atoms with van der Waals surface area (Å²) in [6.45, 7) is 3.89. The van der Waals surface area contributed by atoms with Crippen LogP contribution >= 0.6 is 0 Å². The largest absolute Gasteiger partial charge is 0.511 e. The van der Waals surface area contributed by atoms with Crippen molar-refractivity contribution in [1.29, 1.82) is 0 Å². The quantitative estimate of drug-likeness (QED) is 0.686. The highest BCUT2D eigenvalue weighted by atomic mass is 16.5. The first-order valence-electron chi connectivity index (χ1n) is 7.00. The van der Waals surface area contributed by atoms with E-state index in [1.165, 1.54) is 13.3 Å². The lowest BCUT2D eigenvalue weighted by Crippen LogP contribution is -2.26. The van der Waals surface area contributed by atoms with Crippen molar-refractivity contribution in [2.45, 2.75) is 26.7 Å². The summed E-state index contributed by atoms with van der Waals surface area (Å²) in [5.41, 5.74) is 1.06. The van der Waals surface area contributed by atoms with Gasteiger partial charge in [0.25, 0.3) is 0 Å². The second kappa shape index (κ2) is 6.13. The molecule has 0 saturated carbocycles. The Morgan fingerprint density at radius 2 is 1.91 bits per heavy atom. The van der Waals surface area contributed by atoms with E-state index in [9.17, 15) is 14.7 Å². The molecule has 0 unspecified atom stereocenters. The van der Waals surface area contributed by atoms with Gasteiger partial charge >= 0.3 is 5.97 Å². The first-order chi connectivity index (χ1) is 10.3. The number of allylic oxidation sites excluding steroid dienone is 2. The number of benzene rings is 1. The molecule has 0 saturated heterocycles. The molecule has 0 radical (unpaired) electrons. The lowest BCUT2D eigenvalue weighted by molar-refractivity contribution is -0.117. The molecule has 2 rings (SSSR count). The molecule has 0 heterocycles. The number of ketones is 1. The zero-order chi connectivity index (χ0) is 16.3. The Kier molecular flexibility index (Phi) is 4.45. The first-order valence-corrected chi connectivity index (χ1v) is 7.00. The normalized spacial score (nSPS) is 17.9. The van der Waals surface area contributed by atoms with E-state index in [0.29, 0.717) is 24.1 Å². The number of carbonyl (C=O) groups is 2. The number of hydrogen-bond acceptors (Lipinski definition) is 5. The number of nitrogens with zero attached hydrogens (tertiary/aromatic N) is 1. The van der Waals surface area contributed by atoms with Gasteiger partial charge in [0.2, 0.25) is 0 Å². The number of aliphatic hydroxyl groups excluding tert-OH is 1. The average Bonchev–Trinajstić information content (AvgIpc) is 2.45. The molecule has 0 bridgehead atoms. The fourth-order valence-electron chi connectivity index (χ4n) is 2.39. The molecule has 5 nitrogen and oxygen atoms in total. The molecule has 5 heteroatoms. The molecule has 1 N–H and O–H groups in total. The van der Waals surface area contributed by atoms with E-state index < -0.39 is 5.97 Å². The number of aliphatic imine (C=N–C) groups is 1. The summed E-state index contributed by atoms with van der Waals surface area (Å²) in [5, 5.41) is 10.0. The number of esters is 1. The molecule has 0 fully saturated rings. The Bertz CT molecular complexity index is 654. The van der Waals surface area contributed by atoms with Crippen molar-refractivity contribution < 1.29 is 19.4 Å². The molecule has 0 amide bonds. The molecule has 1 aromatic rings. The Morgan fingerprint density at radius 3 is 2.45 bits per heavy atom. The number of aliphatic hydroxyl groups is 1. The van der Waals surface area contributed by atoms with Crippen LogP contribution in [-0.4, -0.2) is 30.2 Å². The van der Waals surface area contributed by atoms with E-state index in [4.69, 9.17) is 0 Å². The number of Topliss-reactive ketones (excluding diaryl/α,β-unsaturated/α-hetero) is 1. The zero-order valence-corrected chi connectivity index (χ0v) is 12.9. The summed E-state index contributed by atoms with van der Waals surface area (Å²) in [5.74, 6) is -0.444. The highest BCUT2D eigenvalue weighted by molar-refractivity contribution is 6.14. The molecular weight excluding hydrogens is 282 g/mol. The predicted octanol–water partition coefficient (Wildman–Crippen LogP) is 3.38. The van der Waals surface area contributed by atoms with Crippen LogP contribution in [0, 0.1) is 5.41 Å². The lowest BCUT2D eigenvalue weighted by Gasteiger charge is -2.28. The van der Waals surface area contributed by atoms with Gasteiger partial charge in [0, 0.05) is 19.1 Å². The third-order valence-corrected chi connectivity index (χ3v) is 3.53. The average molecular weight is 301 g/mol. The van der Waals surface area contributed by atoms with Crippen LogP contribution in [0.15, 0.2) is 40.6 Å². The minimum absolute atomic E-state index is 0.0798. The van der Waals surface area contributed by atoms with Gasteiger partial charge < -0.3 is 9.84 Å². The van der Waals surface area contributed by atoms with Gasteiger partial charge in [-0.3, -0.25) is 9.79 Å². The van der Waals surface area contributed by atoms with Crippen LogP contribution in [0.3, 0.4) is 0 Å². The third kappa shape index (κ3) is 3.61. The van der Waals surface area contributed by atoms with E-state index in [1.807, 2.05) is 13.8 Å².